The number of carbonyl (C=O) groups is 1. The van der Waals surface area contributed by atoms with E-state index in [4.69, 9.17) is 0 Å². The highest BCUT2D eigenvalue weighted by molar-refractivity contribution is 8.00. The summed E-state index contributed by atoms with van der Waals surface area (Å²) in [5, 5.41) is 12.5. The largest absolute Gasteiger partial charge is 0.298 e. The van der Waals surface area contributed by atoms with Gasteiger partial charge in [0.15, 0.2) is 0 Å². The Kier molecular flexibility index (Phi) is 3.82. The Hall–Kier alpha value is -1.69. The number of nitrogens with zero attached hydrogens (tertiary/aromatic N) is 4. The van der Waals surface area contributed by atoms with Gasteiger partial charge in [-0.25, -0.2) is 0 Å². The highest BCUT2D eigenvalue weighted by Gasteiger charge is 2.25. The van der Waals surface area contributed by atoms with Crippen LogP contribution in [-0.4, -0.2) is 31.2 Å². The third-order valence-corrected chi connectivity index (χ3v) is 4.71. The molecule has 0 aliphatic heterocycles. The van der Waals surface area contributed by atoms with Crippen LogP contribution < -0.4 is 0 Å². The van der Waals surface area contributed by atoms with Crippen molar-refractivity contribution < 1.29 is 4.79 Å². The van der Waals surface area contributed by atoms with Crippen LogP contribution in [0.5, 0.6) is 0 Å². The van der Waals surface area contributed by atoms with Gasteiger partial charge in [-0.3, -0.25) is 4.79 Å². The molecule has 1 heterocycles. The number of aromatic nitrogens is 4. The van der Waals surface area contributed by atoms with Gasteiger partial charge in [0, 0.05) is 6.42 Å². The zero-order chi connectivity index (χ0) is 13.9. The van der Waals surface area contributed by atoms with Gasteiger partial charge in [0.1, 0.15) is 5.78 Å². The number of benzene rings is 1. The number of carbonyl (C=O) groups excluding carboxylic acids is 1. The summed E-state index contributed by atoms with van der Waals surface area (Å²) in [6.45, 7) is 2.04. The van der Waals surface area contributed by atoms with Crippen molar-refractivity contribution in [3.05, 3.63) is 29.8 Å². The lowest BCUT2D eigenvalue weighted by molar-refractivity contribution is -0.119. The lowest BCUT2D eigenvalue weighted by Crippen LogP contribution is -2.21. The summed E-state index contributed by atoms with van der Waals surface area (Å²) in [5.74, 6) is 0.319. The standard InChI is InChI=1S/C14H16N4OS/c1-10-6-8-11(9-7-10)18-14(15-16-17-18)20-13-5-3-2-4-12(13)19/h6-9,13H,2-5H2,1H3. The average Bonchev–Trinajstić information content (AvgIpc) is 2.90. The third-order valence-electron chi connectivity index (χ3n) is 3.47. The van der Waals surface area contributed by atoms with Crippen molar-refractivity contribution >= 4 is 17.5 Å². The predicted octanol–water partition coefficient (Wildman–Crippen LogP) is 2.57. The Morgan fingerprint density at radius 3 is 2.80 bits per heavy atom. The van der Waals surface area contributed by atoms with E-state index in [0.29, 0.717) is 17.4 Å². The second kappa shape index (κ2) is 5.75. The number of aryl methyl sites for hydroxylation is 1. The highest BCUT2D eigenvalue weighted by Crippen LogP contribution is 2.31. The van der Waals surface area contributed by atoms with Crippen LogP contribution in [0.2, 0.25) is 0 Å². The fraction of sp³-hybridized carbons (Fsp3) is 0.429. The van der Waals surface area contributed by atoms with Gasteiger partial charge in [-0.2, -0.15) is 4.68 Å². The molecule has 6 heteroatoms. The summed E-state index contributed by atoms with van der Waals surface area (Å²) in [6, 6.07) is 8.02. The van der Waals surface area contributed by atoms with E-state index < -0.39 is 0 Å². The summed E-state index contributed by atoms with van der Waals surface area (Å²) in [7, 11) is 0. The second-order valence-corrected chi connectivity index (χ2v) is 6.20. The Labute approximate surface area is 121 Å². The Bertz CT molecular complexity index is 608. The minimum Gasteiger partial charge on any atom is -0.298 e. The molecule has 1 aliphatic rings. The van der Waals surface area contributed by atoms with Gasteiger partial charge < -0.3 is 0 Å². The molecule has 0 N–H and O–H groups in total. The molecule has 104 valence electrons. The molecule has 1 saturated carbocycles. The number of tetrazole rings is 1. The van der Waals surface area contributed by atoms with Crippen LogP contribution in [0.25, 0.3) is 5.69 Å². The molecule has 0 saturated heterocycles. The Morgan fingerprint density at radius 1 is 1.25 bits per heavy atom. The van der Waals surface area contributed by atoms with E-state index >= 15 is 0 Å². The van der Waals surface area contributed by atoms with Crippen LogP contribution in [0.1, 0.15) is 31.2 Å². The van der Waals surface area contributed by atoms with Crippen LogP contribution in [-0.2, 0) is 4.79 Å². The number of thioether (sulfide) groups is 1. The van der Waals surface area contributed by atoms with Gasteiger partial charge in [-0.1, -0.05) is 35.9 Å². The van der Waals surface area contributed by atoms with Crippen molar-refractivity contribution in [1.29, 1.82) is 0 Å². The highest BCUT2D eigenvalue weighted by atomic mass is 32.2. The number of ketones is 1. The predicted molar refractivity (Wildman–Crippen MR) is 77.0 cm³/mol. The SMILES string of the molecule is Cc1ccc(-n2nnnc2SC2CCCCC2=O)cc1. The molecule has 1 fully saturated rings. The Morgan fingerprint density at radius 2 is 2.05 bits per heavy atom. The van der Waals surface area contributed by atoms with E-state index in [0.717, 1.165) is 24.9 Å². The normalized spacial score (nSPS) is 19.2. The fourth-order valence-electron chi connectivity index (χ4n) is 2.30. The molecule has 1 atom stereocenters. The van der Waals surface area contributed by atoms with Crippen LogP contribution >= 0.6 is 11.8 Å². The monoisotopic (exact) mass is 288 g/mol. The summed E-state index contributed by atoms with van der Waals surface area (Å²) in [4.78, 5) is 11.9. The van der Waals surface area contributed by atoms with E-state index in [1.54, 1.807) is 4.68 Å². The quantitative estimate of drug-likeness (QED) is 0.868. The first-order valence-corrected chi connectivity index (χ1v) is 7.67. The molecule has 1 aromatic carbocycles. The van der Waals surface area contributed by atoms with E-state index in [1.165, 1.54) is 17.3 Å². The summed E-state index contributed by atoms with van der Waals surface area (Å²) < 4.78 is 1.70. The van der Waals surface area contributed by atoms with Crippen molar-refractivity contribution in [3.8, 4) is 5.69 Å². The topological polar surface area (TPSA) is 60.7 Å². The average molecular weight is 288 g/mol. The molecule has 1 aromatic heterocycles. The molecule has 0 spiro atoms. The number of hydrogen-bond donors (Lipinski definition) is 0. The van der Waals surface area contributed by atoms with Crippen molar-refractivity contribution in [3.63, 3.8) is 0 Å². The minimum atomic E-state index is -0.000974. The van der Waals surface area contributed by atoms with Gasteiger partial charge in [-0.05, 0) is 42.3 Å². The van der Waals surface area contributed by atoms with Crippen molar-refractivity contribution in [2.75, 3.05) is 0 Å². The molecule has 1 unspecified atom stereocenters. The molecule has 2 aromatic rings. The number of rotatable bonds is 3. The fourth-order valence-corrected chi connectivity index (χ4v) is 3.42. The van der Waals surface area contributed by atoms with Crippen LogP contribution in [0.3, 0.4) is 0 Å². The van der Waals surface area contributed by atoms with E-state index in [2.05, 4.69) is 15.5 Å². The van der Waals surface area contributed by atoms with Crippen molar-refractivity contribution in [2.45, 2.75) is 43.0 Å². The van der Waals surface area contributed by atoms with Crippen molar-refractivity contribution in [2.24, 2.45) is 0 Å². The smallest absolute Gasteiger partial charge is 0.214 e. The van der Waals surface area contributed by atoms with E-state index in [9.17, 15) is 4.79 Å². The molecule has 0 radical (unpaired) electrons. The molecule has 5 nitrogen and oxygen atoms in total. The van der Waals surface area contributed by atoms with Gasteiger partial charge in [0.05, 0.1) is 10.9 Å². The van der Waals surface area contributed by atoms with Crippen LogP contribution in [0.4, 0.5) is 0 Å². The van der Waals surface area contributed by atoms with Crippen molar-refractivity contribution in [1.82, 2.24) is 20.2 Å². The van der Waals surface area contributed by atoms with Gasteiger partial charge in [0.25, 0.3) is 0 Å². The first-order chi connectivity index (χ1) is 9.74. The molecule has 3 rings (SSSR count). The lowest BCUT2D eigenvalue weighted by Gasteiger charge is -2.18. The summed E-state index contributed by atoms with van der Waals surface area (Å²) in [5.41, 5.74) is 2.12. The zero-order valence-corrected chi connectivity index (χ0v) is 12.1. The zero-order valence-electron chi connectivity index (χ0n) is 11.3. The molecular formula is C14H16N4OS. The first-order valence-electron chi connectivity index (χ1n) is 6.79. The lowest BCUT2D eigenvalue weighted by atomic mass is 9.99. The minimum absolute atomic E-state index is 0.000974. The van der Waals surface area contributed by atoms with E-state index in [1.807, 2.05) is 31.2 Å². The summed E-state index contributed by atoms with van der Waals surface area (Å²) in [6.07, 6.45) is 3.72. The second-order valence-electron chi connectivity index (χ2n) is 5.03. The number of Topliss-reactive ketones (excluding diaryl/α,β-unsaturated/α-hetero) is 1. The Balaban J connectivity index is 1.83. The maximum absolute atomic E-state index is 11.9. The molecule has 1 aliphatic carbocycles. The third kappa shape index (κ3) is 2.75. The molecule has 0 bridgehead atoms. The van der Waals surface area contributed by atoms with E-state index in [-0.39, 0.29) is 5.25 Å². The van der Waals surface area contributed by atoms with Gasteiger partial charge >= 0.3 is 0 Å². The molecule has 0 amide bonds. The van der Waals surface area contributed by atoms with Gasteiger partial charge in [0.2, 0.25) is 5.16 Å². The maximum atomic E-state index is 11.9. The van der Waals surface area contributed by atoms with Crippen LogP contribution in [0, 0.1) is 6.92 Å². The maximum Gasteiger partial charge on any atom is 0.214 e. The van der Waals surface area contributed by atoms with Crippen LogP contribution in [0.15, 0.2) is 29.4 Å². The molecule has 20 heavy (non-hydrogen) atoms. The first kappa shape index (κ1) is 13.3. The number of hydrogen-bond acceptors (Lipinski definition) is 5. The summed E-state index contributed by atoms with van der Waals surface area (Å²) >= 11 is 1.48. The molecular weight excluding hydrogens is 272 g/mol. The van der Waals surface area contributed by atoms with Gasteiger partial charge in [-0.15, -0.1) is 5.10 Å².